The number of halogens is 2. The summed E-state index contributed by atoms with van der Waals surface area (Å²) in [5, 5.41) is 0.510. The molecule has 0 aliphatic rings. The normalized spacial score (nSPS) is 10.6. The molecule has 6 heteroatoms. The zero-order valence-electron chi connectivity index (χ0n) is 14.2. The summed E-state index contributed by atoms with van der Waals surface area (Å²) in [6.07, 6.45) is 3.44. The van der Waals surface area contributed by atoms with Crippen LogP contribution in [0.3, 0.4) is 0 Å². The highest BCUT2D eigenvalue weighted by Crippen LogP contribution is 2.21. The molecule has 0 unspecified atom stereocenters. The van der Waals surface area contributed by atoms with E-state index in [2.05, 4.69) is 9.97 Å². The van der Waals surface area contributed by atoms with E-state index in [1.54, 1.807) is 29.4 Å². The lowest BCUT2D eigenvalue weighted by Crippen LogP contribution is -2.31. The first-order valence-corrected chi connectivity index (χ1v) is 8.85. The third-order valence-electron chi connectivity index (χ3n) is 4.02. The molecule has 0 radical (unpaired) electrons. The van der Waals surface area contributed by atoms with Gasteiger partial charge in [-0.25, -0.2) is 4.98 Å². The van der Waals surface area contributed by atoms with Gasteiger partial charge in [-0.1, -0.05) is 53.5 Å². The molecule has 2 aromatic heterocycles. The van der Waals surface area contributed by atoms with Gasteiger partial charge in [0.05, 0.1) is 5.02 Å². The molecule has 4 nitrogen and oxygen atoms in total. The maximum atomic E-state index is 13.1. The number of aryl methyl sites for hydroxylation is 1. The average Bonchev–Trinajstić information content (AvgIpc) is 2.65. The van der Waals surface area contributed by atoms with Crippen molar-refractivity contribution in [2.75, 3.05) is 0 Å². The highest BCUT2D eigenvalue weighted by Gasteiger charge is 2.21. The first kappa shape index (κ1) is 18.4. The molecule has 0 fully saturated rings. The molecule has 1 amide bonds. The fraction of sp³-hybridized carbons (Fsp3) is 0.150. The third kappa shape index (κ3) is 4.40. The lowest BCUT2D eigenvalue weighted by Gasteiger charge is -2.24. The second kappa shape index (κ2) is 8.30. The number of carbonyl (C=O) groups is 1. The number of aromatic nitrogens is 2. The molecule has 0 bridgehead atoms. The minimum absolute atomic E-state index is 0.150. The number of rotatable bonds is 5. The quantitative estimate of drug-likeness (QED) is 0.584. The van der Waals surface area contributed by atoms with Crippen LogP contribution in [0.1, 0.15) is 27.2 Å². The maximum Gasteiger partial charge on any atom is 0.274 e. The Kier molecular flexibility index (Phi) is 5.86. The van der Waals surface area contributed by atoms with Crippen LogP contribution in [-0.2, 0) is 13.1 Å². The lowest BCUT2D eigenvalue weighted by molar-refractivity contribution is 0.0724. The maximum absolute atomic E-state index is 13.1. The van der Waals surface area contributed by atoms with Gasteiger partial charge in [-0.15, -0.1) is 0 Å². The summed E-state index contributed by atoms with van der Waals surface area (Å²) < 4.78 is 0. The second-order valence-corrected chi connectivity index (χ2v) is 6.71. The highest BCUT2D eigenvalue weighted by molar-refractivity contribution is 6.34. The Labute approximate surface area is 162 Å². The Morgan fingerprint density at radius 2 is 1.85 bits per heavy atom. The third-order valence-corrected chi connectivity index (χ3v) is 4.54. The second-order valence-electron chi connectivity index (χ2n) is 5.91. The Morgan fingerprint density at radius 3 is 2.58 bits per heavy atom. The number of hydrogen-bond acceptors (Lipinski definition) is 3. The van der Waals surface area contributed by atoms with Gasteiger partial charge in [0.15, 0.2) is 0 Å². The number of carbonyl (C=O) groups excluding carboxylic acids is 1. The van der Waals surface area contributed by atoms with Gasteiger partial charge in [-0.3, -0.25) is 9.78 Å². The fourth-order valence-electron chi connectivity index (χ4n) is 2.62. The van der Waals surface area contributed by atoms with E-state index in [4.69, 9.17) is 23.2 Å². The Balaban J connectivity index is 1.95. The van der Waals surface area contributed by atoms with Crippen molar-refractivity contribution >= 4 is 29.1 Å². The largest absolute Gasteiger partial charge is 0.329 e. The SMILES string of the molecule is Cc1ccccc1CN(Cc1cccnc1)C(=O)c1nc(Cl)ccc1Cl. The van der Waals surface area contributed by atoms with E-state index in [-0.39, 0.29) is 21.8 Å². The molecule has 0 N–H and O–H groups in total. The van der Waals surface area contributed by atoms with E-state index in [0.717, 1.165) is 16.7 Å². The van der Waals surface area contributed by atoms with E-state index in [9.17, 15) is 4.79 Å². The van der Waals surface area contributed by atoms with E-state index >= 15 is 0 Å². The van der Waals surface area contributed by atoms with Crippen molar-refractivity contribution in [1.82, 2.24) is 14.9 Å². The van der Waals surface area contributed by atoms with Crippen LogP contribution in [0.25, 0.3) is 0 Å². The van der Waals surface area contributed by atoms with Crippen LogP contribution in [0.15, 0.2) is 60.9 Å². The van der Waals surface area contributed by atoms with Crippen LogP contribution >= 0.6 is 23.2 Å². The molecule has 0 spiro atoms. The van der Waals surface area contributed by atoms with Crippen LogP contribution < -0.4 is 0 Å². The first-order chi connectivity index (χ1) is 12.5. The van der Waals surface area contributed by atoms with Crippen LogP contribution in [0, 0.1) is 6.92 Å². The predicted molar refractivity (Wildman–Crippen MR) is 103 cm³/mol. The summed E-state index contributed by atoms with van der Waals surface area (Å²) in [5.74, 6) is -0.274. The Hall–Kier alpha value is -2.43. The Morgan fingerprint density at radius 1 is 1.04 bits per heavy atom. The van der Waals surface area contributed by atoms with Gasteiger partial charge >= 0.3 is 0 Å². The molecule has 132 valence electrons. The molecule has 0 saturated heterocycles. The topological polar surface area (TPSA) is 46.1 Å². The molecule has 2 heterocycles. The van der Waals surface area contributed by atoms with Gasteiger partial charge < -0.3 is 4.90 Å². The summed E-state index contributed by atoms with van der Waals surface area (Å²) in [4.78, 5) is 23.1. The molecular weight excluding hydrogens is 369 g/mol. The summed E-state index contributed by atoms with van der Waals surface area (Å²) in [7, 11) is 0. The summed E-state index contributed by atoms with van der Waals surface area (Å²) in [5.41, 5.74) is 3.24. The molecule has 0 atom stereocenters. The van der Waals surface area contributed by atoms with Gasteiger partial charge in [-0.2, -0.15) is 0 Å². The summed E-state index contributed by atoms with van der Waals surface area (Å²) >= 11 is 12.2. The van der Waals surface area contributed by atoms with Crippen LogP contribution in [0.4, 0.5) is 0 Å². The fourth-order valence-corrected chi connectivity index (χ4v) is 2.96. The molecule has 1 aromatic carbocycles. The van der Waals surface area contributed by atoms with Crippen molar-refractivity contribution in [3.63, 3.8) is 0 Å². The molecule has 26 heavy (non-hydrogen) atoms. The molecule has 3 aromatic rings. The van der Waals surface area contributed by atoms with E-state index < -0.39 is 0 Å². The molecule has 0 aliphatic carbocycles. The van der Waals surface area contributed by atoms with Crippen molar-refractivity contribution in [3.05, 3.63) is 93.5 Å². The van der Waals surface area contributed by atoms with Gasteiger partial charge in [-0.05, 0) is 41.8 Å². The molecular formula is C20H17Cl2N3O. The summed E-state index contributed by atoms with van der Waals surface area (Å²) in [6, 6.07) is 14.9. The monoisotopic (exact) mass is 385 g/mol. The van der Waals surface area contributed by atoms with Gasteiger partial charge in [0.2, 0.25) is 0 Å². The van der Waals surface area contributed by atoms with Gasteiger partial charge in [0, 0.05) is 25.5 Å². The van der Waals surface area contributed by atoms with Gasteiger partial charge in [0.1, 0.15) is 10.8 Å². The number of pyridine rings is 2. The zero-order valence-corrected chi connectivity index (χ0v) is 15.7. The number of benzene rings is 1. The van der Waals surface area contributed by atoms with E-state index in [1.165, 1.54) is 0 Å². The van der Waals surface area contributed by atoms with Crippen molar-refractivity contribution in [1.29, 1.82) is 0 Å². The predicted octanol–water partition coefficient (Wildman–Crippen LogP) is 4.93. The van der Waals surface area contributed by atoms with E-state index in [1.807, 2.05) is 43.3 Å². The standard InChI is InChI=1S/C20H17Cl2N3O/c1-14-5-2-3-7-16(14)13-25(12-15-6-4-10-23-11-15)20(26)19-17(21)8-9-18(22)24-19/h2-11H,12-13H2,1H3. The Bertz CT molecular complexity index is 916. The minimum atomic E-state index is -0.274. The number of nitrogens with zero attached hydrogens (tertiary/aromatic N) is 3. The minimum Gasteiger partial charge on any atom is -0.329 e. The summed E-state index contributed by atoms with van der Waals surface area (Å²) in [6.45, 7) is 2.85. The van der Waals surface area contributed by atoms with Crippen molar-refractivity contribution in [2.45, 2.75) is 20.0 Å². The number of hydrogen-bond donors (Lipinski definition) is 0. The van der Waals surface area contributed by atoms with Crippen LogP contribution in [0.5, 0.6) is 0 Å². The van der Waals surface area contributed by atoms with Crippen molar-refractivity contribution in [3.8, 4) is 0 Å². The lowest BCUT2D eigenvalue weighted by atomic mass is 10.1. The van der Waals surface area contributed by atoms with Crippen LogP contribution in [-0.4, -0.2) is 20.8 Å². The molecule has 0 saturated carbocycles. The van der Waals surface area contributed by atoms with Crippen LogP contribution in [0.2, 0.25) is 10.2 Å². The van der Waals surface area contributed by atoms with E-state index in [0.29, 0.717) is 13.1 Å². The van der Waals surface area contributed by atoms with Crippen molar-refractivity contribution in [2.24, 2.45) is 0 Å². The molecule has 3 rings (SSSR count). The zero-order chi connectivity index (χ0) is 18.5. The van der Waals surface area contributed by atoms with Gasteiger partial charge in [0.25, 0.3) is 5.91 Å². The molecule has 0 aliphatic heterocycles. The highest BCUT2D eigenvalue weighted by atomic mass is 35.5. The average molecular weight is 386 g/mol. The van der Waals surface area contributed by atoms with Crippen molar-refractivity contribution < 1.29 is 4.79 Å². The number of amides is 1. The first-order valence-electron chi connectivity index (χ1n) is 8.09. The smallest absolute Gasteiger partial charge is 0.274 e.